The molecule has 37 heavy (non-hydrogen) atoms. The molecule has 0 radical (unpaired) electrons. The zero-order valence-corrected chi connectivity index (χ0v) is 24.4. The van der Waals surface area contributed by atoms with E-state index in [2.05, 4.69) is 54.5 Å². The normalized spacial score (nSPS) is 52.5. The van der Waals surface area contributed by atoms with Gasteiger partial charge in [-0.05, 0) is 97.2 Å². The van der Waals surface area contributed by atoms with E-state index < -0.39 is 23.6 Å². The number of aliphatic hydroxyl groups is 1. The Morgan fingerprint density at radius 1 is 0.973 bits per heavy atom. The van der Waals surface area contributed by atoms with Crippen molar-refractivity contribution in [2.45, 2.75) is 119 Å². The Labute approximate surface area is 223 Å². The highest BCUT2D eigenvalue weighted by atomic mass is 16.6. The van der Waals surface area contributed by atoms with Crippen LogP contribution in [0, 0.1) is 56.7 Å². The van der Waals surface area contributed by atoms with Crippen molar-refractivity contribution in [1.29, 1.82) is 0 Å². The Bertz CT molecular complexity index is 1010. The number of aliphatic hydroxyl groups excluding tert-OH is 1. The molecule has 4 saturated carbocycles. The summed E-state index contributed by atoms with van der Waals surface area (Å²) in [6.45, 7) is 17.8. The van der Waals surface area contributed by atoms with Crippen LogP contribution < -0.4 is 0 Å². The third kappa shape index (κ3) is 3.37. The van der Waals surface area contributed by atoms with Crippen molar-refractivity contribution in [1.82, 2.24) is 0 Å². The van der Waals surface area contributed by atoms with E-state index in [1.807, 2.05) is 0 Å². The minimum absolute atomic E-state index is 0.0392. The van der Waals surface area contributed by atoms with Crippen LogP contribution in [0.4, 0.5) is 0 Å². The van der Waals surface area contributed by atoms with Crippen molar-refractivity contribution in [3.63, 3.8) is 0 Å². The van der Waals surface area contributed by atoms with Crippen molar-refractivity contribution in [3.05, 3.63) is 11.6 Å². The maximum atomic E-state index is 12.9. The second-order valence-electron chi connectivity index (χ2n) is 15.2. The van der Waals surface area contributed by atoms with Crippen LogP contribution in [0.25, 0.3) is 0 Å². The molecule has 0 aliphatic heterocycles. The summed E-state index contributed by atoms with van der Waals surface area (Å²) < 4.78 is 5.74. The zero-order valence-electron chi connectivity index (χ0n) is 24.4. The number of hydrogen-bond donors (Lipinski definition) is 2. The van der Waals surface area contributed by atoms with Crippen LogP contribution in [0.3, 0.4) is 0 Å². The van der Waals surface area contributed by atoms with Gasteiger partial charge >= 0.3 is 11.9 Å². The monoisotopic (exact) mass is 514 g/mol. The second-order valence-corrected chi connectivity index (χ2v) is 15.2. The lowest BCUT2D eigenvalue weighted by atomic mass is 9.33. The summed E-state index contributed by atoms with van der Waals surface area (Å²) in [4.78, 5) is 24.8. The van der Waals surface area contributed by atoms with Crippen molar-refractivity contribution in [3.8, 4) is 0 Å². The first-order valence-corrected chi connectivity index (χ1v) is 14.9. The molecule has 5 heteroatoms. The van der Waals surface area contributed by atoms with Gasteiger partial charge in [-0.3, -0.25) is 9.59 Å². The predicted octanol–water partition coefficient (Wildman–Crippen LogP) is 6.63. The average Bonchev–Trinajstić information content (AvgIpc) is 2.79. The molecule has 5 nitrogen and oxygen atoms in total. The summed E-state index contributed by atoms with van der Waals surface area (Å²) in [6, 6.07) is 0. The third-order valence-electron chi connectivity index (χ3n) is 13.6. The van der Waals surface area contributed by atoms with Crippen LogP contribution in [-0.2, 0) is 14.3 Å². The first-order chi connectivity index (χ1) is 17.1. The Balaban J connectivity index is 1.58. The molecule has 0 aromatic rings. The number of ether oxygens (including phenoxy) is 1. The highest BCUT2D eigenvalue weighted by Gasteiger charge is 2.70. The quantitative estimate of drug-likeness (QED) is 0.319. The van der Waals surface area contributed by atoms with E-state index in [1.165, 1.54) is 12.5 Å². The van der Waals surface area contributed by atoms with Crippen molar-refractivity contribution < 1.29 is 24.5 Å². The van der Waals surface area contributed by atoms with Gasteiger partial charge in [-0.1, -0.05) is 60.1 Å². The van der Waals surface area contributed by atoms with Gasteiger partial charge in [0, 0.05) is 12.3 Å². The van der Waals surface area contributed by atoms with Crippen LogP contribution >= 0.6 is 0 Å². The standard InChI is InChI=1S/C32H50O5/c1-18-11-14-32(27(35)36)16-15-30(7)21(25(32)19(18)2)9-10-24-29(6)17-22(34)26(37-20(3)33)28(4,5)23(29)12-13-31(24,30)8/h9,18-19,22-26,34H,10-17H2,1-8H3,(H,35,36)/t18-,19+,22-,23+,24-,25?,26+,29+,30-,31-,32+/m1/s1. The molecule has 0 heterocycles. The van der Waals surface area contributed by atoms with Crippen LogP contribution in [0.2, 0.25) is 0 Å². The van der Waals surface area contributed by atoms with E-state index in [0.717, 1.165) is 44.9 Å². The number of carbonyl (C=O) groups excluding carboxylic acids is 1. The fraction of sp³-hybridized carbons (Fsp3) is 0.875. The first kappa shape index (κ1) is 27.2. The molecule has 0 aromatic heterocycles. The minimum atomic E-state index is -0.675. The lowest BCUT2D eigenvalue weighted by Crippen LogP contribution is -2.67. The van der Waals surface area contributed by atoms with Crippen LogP contribution in [0.15, 0.2) is 11.6 Å². The topological polar surface area (TPSA) is 83.8 Å². The van der Waals surface area contributed by atoms with Gasteiger partial charge in [0.25, 0.3) is 0 Å². The summed E-state index contributed by atoms with van der Waals surface area (Å²) in [5.74, 6) is 0.843. The van der Waals surface area contributed by atoms with Gasteiger partial charge in [-0.25, -0.2) is 0 Å². The molecule has 5 aliphatic rings. The van der Waals surface area contributed by atoms with Crippen LogP contribution in [0.1, 0.15) is 107 Å². The molecule has 2 N–H and O–H groups in total. The van der Waals surface area contributed by atoms with E-state index in [4.69, 9.17) is 4.74 Å². The first-order valence-electron chi connectivity index (χ1n) is 14.9. The molecule has 5 aliphatic carbocycles. The van der Waals surface area contributed by atoms with Gasteiger partial charge in [0.05, 0.1) is 11.5 Å². The van der Waals surface area contributed by atoms with Gasteiger partial charge in [0.1, 0.15) is 6.10 Å². The Morgan fingerprint density at radius 3 is 2.27 bits per heavy atom. The van der Waals surface area contributed by atoms with E-state index >= 15 is 0 Å². The summed E-state index contributed by atoms with van der Waals surface area (Å²) >= 11 is 0. The van der Waals surface area contributed by atoms with Crippen molar-refractivity contribution in [2.24, 2.45) is 56.7 Å². The molecule has 0 saturated heterocycles. The average molecular weight is 515 g/mol. The van der Waals surface area contributed by atoms with E-state index in [0.29, 0.717) is 30.1 Å². The highest BCUT2D eigenvalue weighted by molar-refractivity contribution is 5.76. The number of fused-ring (bicyclic) bond motifs is 7. The molecular weight excluding hydrogens is 464 g/mol. The Morgan fingerprint density at radius 2 is 1.65 bits per heavy atom. The SMILES string of the molecule is CC(=O)O[C@H]1[C@H](O)C[C@]2(C)[C@H]3CC=C4C5[C@@H](C)[C@H](C)CC[C@]5(C(=O)O)CC[C@@]4(C)[C@]3(C)CC[C@H]2C1(C)C. The van der Waals surface area contributed by atoms with Gasteiger partial charge < -0.3 is 14.9 Å². The third-order valence-corrected chi connectivity index (χ3v) is 13.6. The van der Waals surface area contributed by atoms with Crippen molar-refractivity contribution in [2.75, 3.05) is 0 Å². The van der Waals surface area contributed by atoms with E-state index in [9.17, 15) is 19.8 Å². The summed E-state index contributed by atoms with van der Waals surface area (Å²) in [5, 5.41) is 22.0. The fourth-order valence-electron chi connectivity index (χ4n) is 11.4. The highest BCUT2D eigenvalue weighted by Crippen LogP contribution is 2.75. The van der Waals surface area contributed by atoms with Crippen LogP contribution in [0.5, 0.6) is 0 Å². The zero-order chi connectivity index (χ0) is 27.3. The molecule has 11 atom stereocenters. The number of carbonyl (C=O) groups is 2. The lowest BCUT2D eigenvalue weighted by molar-refractivity contribution is -0.239. The number of esters is 1. The molecule has 5 rings (SSSR count). The van der Waals surface area contributed by atoms with Gasteiger partial charge in [0.15, 0.2) is 0 Å². The Hall–Kier alpha value is -1.36. The summed E-state index contributed by atoms with van der Waals surface area (Å²) in [6.07, 6.45) is 8.55. The number of carboxylic acid groups (broad SMARTS) is 1. The molecule has 208 valence electrons. The number of carboxylic acids is 1. The maximum absolute atomic E-state index is 12.9. The number of allylic oxidation sites excluding steroid dienone is 2. The summed E-state index contributed by atoms with van der Waals surface area (Å²) in [5.41, 5.74) is 0.418. The molecule has 0 spiro atoms. The van der Waals surface area contributed by atoms with Gasteiger partial charge in [-0.15, -0.1) is 0 Å². The molecule has 0 bridgehead atoms. The smallest absolute Gasteiger partial charge is 0.310 e. The van der Waals surface area contributed by atoms with Gasteiger partial charge in [-0.2, -0.15) is 0 Å². The largest absolute Gasteiger partial charge is 0.481 e. The second kappa shape index (κ2) is 8.32. The maximum Gasteiger partial charge on any atom is 0.310 e. The number of rotatable bonds is 2. The van der Waals surface area contributed by atoms with E-state index in [-0.39, 0.29) is 33.5 Å². The molecular formula is C32H50O5. The minimum Gasteiger partial charge on any atom is -0.481 e. The molecule has 0 amide bonds. The lowest BCUT2D eigenvalue weighted by Gasteiger charge is -2.71. The fourth-order valence-corrected chi connectivity index (χ4v) is 11.4. The summed E-state index contributed by atoms with van der Waals surface area (Å²) in [7, 11) is 0. The Kier molecular flexibility index (Phi) is 6.12. The molecule has 0 aromatic carbocycles. The number of aliphatic carboxylic acids is 1. The molecule has 4 fully saturated rings. The van der Waals surface area contributed by atoms with Gasteiger partial charge in [0.2, 0.25) is 0 Å². The number of hydrogen-bond acceptors (Lipinski definition) is 4. The van der Waals surface area contributed by atoms with E-state index in [1.54, 1.807) is 0 Å². The molecule has 1 unspecified atom stereocenters. The van der Waals surface area contributed by atoms with Crippen LogP contribution in [-0.4, -0.2) is 34.4 Å². The predicted molar refractivity (Wildman–Crippen MR) is 144 cm³/mol. The van der Waals surface area contributed by atoms with Crippen molar-refractivity contribution >= 4 is 11.9 Å².